The highest BCUT2D eigenvalue weighted by molar-refractivity contribution is 7.21. The van der Waals surface area contributed by atoms with Gasteiger partial charge in [0, 0.05) is 74.3 Å². The second-order valence-corrected chi connectivity index (χ2v) is 10.2. The smallest absolute Gasteiger partial charge is 0.124 e. The number of anilines is 1. The Balaban J connectivity index is 1.18. The van der Waals surface area contributed by atoms with Crippen molar-refractivity contribution in [1.82, 2.24) is 19.9 Å². The van der Waals surface area contributed by atoms with Gasteiger partial charge in [0.15, 0.2) is 0 Å². The number of benzene rings is 2. The minimum atomic E-state index is 0.694. The van der Waals surface area contributed by atoms with E-state index in [0.29, 0.717) is 5.02 Å². The number of fused-ring (bicyclic) bond motifs is 1. The zero-order valence-corrected chi connectivity index (χ0v) is 20.7. The van der Waals surface area contributed by atoms with Gasteiger partial charge in [-0.3, -0.25) is 14.9 Å². The molecule has 5 nitrogen and oxygen atoms in total. The van der Waals surface area contributed by atoms with Gasteiger partial charge < -0.3 is 4.90 Å². The van der Waals surface area contributed by atoms with E-state index in [9.17, 15) is 0 Å². The number of nitrogens with zero attached hydrogens (tertiary/aromatic N) is 5. The summed E-state index contributed by atoms with van der Waals surface area (Å²) < 4.78 is 1.10. The number of aromatic nitrogens is 3. The van der Waals surface area contributed by atoms with E-state index in [0.717, 1.165) is 64.6 Å². The van der Waals surface area contributed by atoms with E-state index >= 15 is 0 Å². The van der Waals surface area contributed by atoms with Gasteiger partial charge in [0.2, 0.25) is 0 Å². The van der Waals surface area contributed by atoms with Crippen LogP contribution >= 0.6 is 22.9 Å². The van der Waals surface area contributed by atoms with Gasteiger partial charge in [0.25, 0.3) is 0 Å². The van der Waals surface area contributed by atoms with E-state index in [1.807, 2.05) is 36.9 Å². The largest absolute Gasteiger partial charge is 0.369 e. The van der Waals surface area contributed by atoms with Gasteiger partial charge in [-0.25, -0.2) is 4.98 Å². The quantitative estimate of drug-likeness (QED) is 0.281. The number of rotatable bonds is 5. The number of halogens is 1. The average molecular weight is 498 g/mol. The summed E-state index contributed by atoms with van der Waals surface area (Å²) in [5.41, 5.74) is 6.71. The Morgan fingerprint density at radius 2 is 1.60 bits per heavy atom. The third kappa shape index (κ3) is 4.78. The van der Waals surface area contributed by atoms with E-state index in [1.54, 1.807) is 11.3 Å². The Kier molecular flexibility index (Phi) is 6.17. The van der Waals surface area contributed by atoms with Crippen molar-refractivity contribution >= 4 is 38.8 Å². The third-order valence-electron chi connectivity index (χ3n) is 6.41. The Morgan fingerprint density at radius 1 is 0.800 bits per heavy atom. The minimum absolute atomic E-state index is 0.694. The molecule has 0 atom stereocenters. The van der Waals surface area contributed by atoms with E-state index in [1.165, 1.54) is 11.3 Å². The summed E-state index contributed by atoms with van der Waals surface area (Å²) in [6, 6.07) is 20.9. The standard InChI is InChI=1S/C28H24ClN5S/c29-25-5-2-6-26-27(25)32-28(35-26)22-4-1-3-21(16-22)23-15-20(17-31-18-23)19-33-11-13-34(14-12-33)24-7-9-30-10-8-24/h1-10,15-18H,11-14,19H2. The Labute approximate surface area is 213 Å². The molecular weight excluding hydrogens is 474 g/mol. The van der Waals surface area contributed by atoms with Crippen LogP contribution in [0, 0.1) is 0 Å². The highest BCUT2D eigenvalue weighted by atomic mass is 35.5. The molecule has 35 heavy (non-hydrogen) atoms. The molecule has 0 radical (unpaired) electrons. The lowest BCUT2D eigenvalue weighted by atomic mass is 10.0. The van der Waals surface area contributed by atoms with Gasteiger partial charge in [0.1, 0.15) is 10.5 Å². The molecule has 1 fully saturated rings. The number of piperazine rings is 1. The zero-order valence-electron chi connectivity index (χ0n) is 19.1. The first kappa shape index (κ1) is 22.2. The predicted molar refractivity (Wildman–Crippen MR) is 145 cm³/mol. The van der Waals surface area contributed by atoms with Crippen molar-refractivity contribution in [1.29, 1.82) is 0 Å². The molecule has 6 rings (SSSR count). The van der Waals surface area contributed by atoms with Crippen molar-refractivity contribution in [3.8, 4) is 21.7 Å². The molecule has 1 saturated heterocycles. The zero-order chi connectivity index (χ0) is 23.6. The first-order valence-corrected chi connectivity index (χ1v) is 12.9. The monoisotopic (exact) mass is 497 g/mol. The van der Waals surface area contributed by atoms with E-state index in [4.69, 9.17) is 16.6 Å². The average Bonchev–Trinajstić information content (AvgIpc) is 3.36. The molecule has 4 heterocycles. The molecule has 174 valence electrons. The number of hydrogen-bond donors (Lipinski definition) is 0. The summed E-state index contributed by atoms with van der Waals surface area (Å²) in [5.74, 6) is 0. The number of thiazole rings is 1. The topological polar surface area (TPSA) is 45.2 Å². The molecule has 5 aromatic rings. The first-order chi connectivity index (χ1) is 17.2. The fourth-order valence-electron chi connectivity index (χ4n) is 4.58. The fourth-order valence-corrected chi connectivity index (χ4v) is 5.84. The van der Waals surface area contributed by atoms with Crippen LogP contribution in [0.5, 0.6) is 0 Å². The van der Waals surface area contributed by atoms with Crippen LogP contribution in [0.1, 0.15) is 5.56 Å². The van der Waals surface area contributed by atoms with Gasteiger partial charge in [-0.05, 0) is 47.5 Å². The van der Waals surface area contributed by atoms with Gasteiger partial charge in [0.05, 0.1) is 9.72 Å². The maximum Gasteiger partial charge on any atom is 0.124 e. The van der Waals surface area contributed by atoms with Crippen LogP contribution in [0.2, 0.25) is 5.02 Å². The van der Waals surface area contributed by atoms with Gasteiger partial charge in [-0.15, -0.1) is 11.3 Å². The lowest BCUT2D eigenvalue weighted by Crippen LogP contribution is -2.45. The van der Waals surface area contributed by atoms with Crippen LogP contribution in [0.4, 0.5) is 5.69 Å². The minimum Gasteiger partial charge on any atom is -0.369 e. The molecule has 0 bridgehead atoms. The van der Waals surface area contributed by atoms with Crippen molar-refractivity contribution in [2.75, 3.05) is 31.1 Å². The second kappa shape index (κ2) is 9.74. The highest BCUT2D eigenvalue weighted by Gasteiger charge is 2.18. The van der Waals surface area contributed by atoms with Crippen LogP contribution in [0.3, 0.4) is 0 Å². The molecule has 0 amide bonds. The Bertz CT molecular complexity index is 1460. The van der Waals surface area contributed by atoms with Crippen LogP contribution in [-0.4, -0.2) is 46.0 Å². The second-order valence-electron chi connectivity index (χ2n) is 8.74. The molecule has 3 aromatic heterocycles. The van der Waals surface area contributed by atoms with Crippen LogP contribution in [0.25, 0.3) is 31.9 Å². The Hall–Kier alpha value is -3.32. The first-order valence-electron chi connectivity index (χ1n) is 11.7. The molecule has 0 saturated carbocycles. The maximum atomic E-state index is 6.35. The van der Waals surface area contributed by atoms with Gasteiger partial charge in [-0.2, -0.15) is 0 Å². The summed E-state index contributed by atoms with van der Waals surface area (Å²) in [5, 5.41) is 1.67. The lowest BCUT2D eigenvalue weighted by Gasteiger charge is -2.36. The van der Waals surface area contributed by atoms with Crippen molar-refractivity contribution in [2.45, 2.75) is 6.54 Å². The maximum absolute atomic E-state index is 6.35. The van der Waals surface area contributed by atoms with E-state index in [2.05, 4.69) is 68.3 Å². The van der Waals surface area contributed by atoms with Crippen molar-refractivity contribution in [2.24, 2.45) is 0 Å². The fraction of sp³-hybridized carbons (Fsp3) is 0.179. The molecule has 7 heteroatoms. The number of pyridine rings is 2. The molecule has 1 aliphatic heterocycles. The molecule has 0 unspecified atom stereocenters. The summed E-state index contributed by atoms with van der Waals surface area (Å²) >= 11 is 8.02. The molecule has 0 spiro atoms. The lowest BCUT2D eigenvalue weighted by molar-refractivity contribution is 0.249. The predicted octanol–water partition coefficient (Wildman–Crippen LogP) is 6.40. The van der Waals surface area contributed by atoms with Crippen LogP contribution in [0.15, 0.2) is 85.5 Å². The molecule has 2 aromatic carbocycles. The number of hydrogen-bond acceptors (Lipinski definition) is 6. The summed E-state index contributed by atoms with van der Waals surface area (Å²) in [7, 11) is 0. The summed E-state index contributed by atoms with van der Waals surface area (Å²) in [4.78, 5) is 18.4. The van der Waals surface area contributed by atoms with Crippen LogP contribution in [-0.2, 0) is 6.54 Å². The van der Waals surface area contributed by atoms with Crippen LogP contribution < -0.4 is 4.90 Å². The van der Waals surface area contributed by atoms with E-state index in [-0.39, 0.29) is 0 Å². The van der Waals surface area contributed by atoms with Crippen molar-refractivity contribution < 1.29 is 0 Å². The van der Waals surface area contributed by atoms with E-state index < -0.39 is 0 Å². The van der Waals surface area contributed by atoms with Gasteiger partial charge in [-0.1, -0.05) is 35.9 Å². The summed E-state index contributed by atoms with van der Waals surface area (Å²) in [6.45, 7) is 5.00. The van der Waals surface area contributed by atoms with Gasteiger partial charge >= 0.3 is 0 Å². The molecule has 0 aliphatic carbocycles. The SMILES string of the molecule is Clc1cccc2sc(-c3cccc(-c4cncc(CN5CCN(c6ccncc6)CC5)c4)c3)nc12. The molecular formula is C28H24ClN5S. The third-order valence-corrected chi connectivity index (χ3v) is 7.79. The highest BCUT2D eigenvalue weighted by Crippen LogP contribution is 2.35. The Morgan fingerprint density at radius 3 is 2.43 bits per heavy atom. The van der Waals surface area contributed by atoms with Crippen molar-refractivity contribution in [3.05, 3.63) is 96.0 Å². The number of para-hydroxylation sites is 1. The molecule has 0 N–H and O–H groups in total. The van der Waals surface area contributed by atoms with Crippen molar-refractivity contribution in [3.63, 3.8) is 0 Å². The normalized spacial score (nSPS) is 14.5. The molecule has 1 aliphatic rings. The summed E-state index contributed by atoms with van der Waals surface area (Å²) in [6.07, 6.45) is 7.65.